The van der Waals surface area contributed by atoms with E-state index in [9.17, 15) is 0 Å². The van der Waals surface area contributed by atoms with E-state index < -0.39 is 0 Å². The highest BCUT2D eigenvalue weighted by Gasteiger charge is 2.26. The maximum Gasteiger partial charge on any atom is 0.145 e. The quantitative estimate of drug-likeness (QED) is 0.259. The first-order valence-electron chi connectivity index (χ1n) is 10.9. The summed E-state index contributed by atoms with van der Waals surface area (Å²) >= 11 is 0. The summed E-state index contributed by atoms with van der Waals surface area (Å²) in [6.07, 6.45) is 6.06. The van der Waals surface area contributed by atoms with Crippen LogP contribution in [0.4, 0.5) is 0 Å². The number of aromatic nitrogens is 2. The lowest BCUT2D eigenvalue weighted by Crippen LogP contribution is -1.97. The third-order valence-corrected chi connectivity index (χ3v) is 7.34. The van der Waals surface area contributed by atoms with Crippen LogP contribution in [0, 0.1) is 0 Å². The number of rotatable bonds is 0. The van der Waals surface area contributed by atoms with Gasteiger partial charge in [0.1, 0.15) is 5.65 Å². The molecule has 2 aliphatic rings. The Labute approximate surface area is 179 Å². The second-order valence-electron chi connectivity index (χ2n) is 8.79. The van der Waals surface area contributed by atoms with E-state index in [4.69, 9.17) is 4.98 Å². The Morgan fingerprint density at radius 2 is 1.26 bits per heavy atom. The van der Waals surface area contributed by atoms with Gasteiger partial charge in [0.05, 0.1) is 5.52 Å². The van der Waals surface area contributed by atoms with Gasteiger partial charge >= 0.3 is 0 Å². The van der Waals surface area contributed by atoms with Gasteiger partial charge < -0.3 is 0 Å². The largest absolute Gasteiger partial charge is 0.299 e. The van der Waals surface area contributed by atoms with Crippen LogP contribution in [0.1, 0.15) is 22.3 Å². The van der Waals surface area contributed by atoms with Crippen molar-refractivity contribution in [2.75, 3.05) is 0 Å². The predicted octanol–water partition coefficient (Wildman–Crippen LogP) is 6.78. The van der Waals surface area contributed by atoms with Crippen molar-refractivity contribution in [1.29, 1.82) is 0 Å². The lowest BCUT2D eigenvalue weighted by atomic mass is 9.94. The molecule has 31 heavy (non-hydrogen) atoms. The second-order valence-corrected chi connectivity index (χ2v) is 8.79. The molecule has 0 aliphatic heterocycles. The van der Waals surface area contributed by atoms with Crippen LogP contribution < -0.4 is 0 Å². The van der Waals surface area contributed by atoms with E-state index in [0.717, 1.165) is 18.5 Å². The molecule has 0 amide bonds. The van der Waals surface area contributed by atoms with Crippen LogP contribution in [0.25, 0.3) is 49.6 Å². The molecule has 0 radical (unpaired) electrons. The van der Waals surface area contributed by atoms with Gasteiger partial charge in [-0.25, -0.2) is 4.98 Å². The summed E-state index contributed by atoms with van der Waals surface area (Å²) in [5, 5.41) is 3.95. The Hall–Kier alpha value is -3.91. The minimum atomic E-state index is 0.979. The average Bonchev–Trinajstić information content (AvgIpc) is 3.53. The smallest absolute Gasteiger partial charge is 0.145 e. The van der Waals surface area contributed by atoms with Crippen LogP contribution >= 0.6 is 0 Å². The van der Waals surface area contributed by atoms with Gasteiger partial charge in [0.2, 0.25) is 0 Å². The highest BCUT2D eigenvalue weighted by molar-refractivity contribution is 6.16. The molecule has 8 rings (SSSR count). The van der Waals surface area contributed by atoms with Crippen molar-refractivity contribution in [3.8, 4) is 22.3 Å². The molecule has 0 fully saturated rings. The van der Waals surface area contributed by atoms with Gasteiger partial charge in [-0.3, -0.25) is 4.40 Å². The first-order chi connectivity index (χ1) is 15.4. The van der Waals surface area contributed by atoms with E-state index in [1.165, 1.54) is 66.2 Å². The van der Waals surface area contributed by atoms with E-state index >= 15 is 0 Å². The van der Waals surface area contributed by atoms with Crippen molar-refractivity contribution in [2.45, 2.75) is 12.8 Å². The van der Waals surface area contributed by atoms with Crippen molar-refractivity contribution in [2.24, 2.45) is 0 Å². The molecular formula is C29H18N2. The lowest BCUT2D eigenvalue weighted by molar-refractivity contribution is 1.20. The summed E-state index contributed by atoms with van der Waals surface area (Å²) in [4.78, 5) is 4.87. The molecule has 0 N–H and O–H groups in total. The Morgan fingerprint density at radius 3 is 2.03 bits per heavy atom. The van der Waals surface area contributed by atoms with Crippen molar-refractivity contribution in [3.63, 3.8) is 0 Å². The van der Waals surface area contributed by atoms with E-state index in [1.54, 1.807) is 0 Å². The molecule has 0 bridgehead atoms. The molecular weight excluding hydrogens is 376 g/mol. The molecule has 2 aromatic heterocycles. The van der Waals surface area contributed by atoms with E-state index in [0.29, 0.717) is 0 Å². The summed E-state index contributed by atoms with van der Waals surface area (Å²) in [6.45, 7) is 0. The Balaban J connectivity index is 1.54. The second kappa shape index (κ2) is 5.41. The minimum Gasteiger partial charge on any atom is -0.299 e. The van der Waals surface area contributed by atoms with Crippen LogP contribution in [0.5, 0.6) is 0 Å². The van der Waals surface area contributed by atoms with Gasteiger partial charge in [-0.05, 0) is 56.3 Å². The van der Waals surface area contributed by atoms with Crippen molar-refractivity contribution >= 4 is 27.3 Å². The number of hydrogen-bond donors (Lipinski definition) is 0. The molecule has 2 aliphatic carbocycles. The Kier molecular flexibility index (Phi) is 2.77. The van der Waals surface area contributed by atoms with E-state index in [1.807, 2.05) is 6.20 Å². The summed E-state index contributed by atoms with van der Waals surface area (Å²) in [5.41, 5.74) is 13.5. The number of imidazole rings is 1. The monoisotopic (exact) mass is 394 g/mol. The summed E-state index contributed by atoms with van der Waals surface area (Å²) < 4.78 is 2.34. The summed E-state index contributed by atoms with van der Waals surface area (Å²) in [5.74, 6) is 0. The first-order valence-corrected chi connectivity index (χ1v) is 10.9. The van der Waals surface area contributed by atoms with Gasteiger partial charge in [0.25, 0.3) is 0 Å². The molecule has 0 spiro atoms. The number of nitrogens with zero attached hydrogens (tertiary/aromatic N) is 2. The highest BCUT2D eigenvalue weighted by atomic mass is 15.0. The van der Waals surface area contributed by atoms with Crippen LogP contribution in [-0.2, 0) is 12.8 Å². The third kappa shape index (κ3) is 1.87. The standard InChI is InChI=1S/C29H18N2/c1-3-7-19-17(5-1)15-25-21(19)9-11-23-24-12-10-22-20-8-4-2-6-18(20)16-26(22)28(24)31-14-13-30-29(31)27(23)25/h1-14H,15-16H2. The molecule has 6 aromatic rings. The van der Waals surface area contributed by atoms with Crippen LogP contribution in [0.3, 0.4) is 0 Å². The first kappa shape index (κ1) is 15.9. The van der Waals surface area contributed by atoms with Crippen molar-refractivity contribution in [1.82, 2.24) is 9.38 Å². The zero-order valence-electron chi connectivity index (χ0n) is 16.9. The number of fused-ring (bicyclic) bond motifs is 14. The Bertz CT molecular complexity index is 1610. The van der Waals surface area contributed by atoms with Crippen molar-refractivity contribution < 1.29 is 0 Å². The predicted molar refractivity (Wildman–Crippen MR) is 127 cm³/mol. The molecule has 0 saturated carbocycles. The molecule has 0 saturated heterocycles. The molecule has 144 valence electrons. The maximum atomic E-state index is 4.87. The van der Waals surface area contributed by atoms with Gasteiger partial charge in [-0.2, -0.15) is 0 Å². The van der Waals surface area contributed by atoms with Crippen molar-refractivity contribution in [3.05, 3.63) is 107 Å². The zero-order valence-corrected chi connectivity index (χ0v) is 16.9. The fourth-order valence-corrected chi connectivity index (χ4v) is 6.05. The average molecular weight is 394 g/mol. The molecule has 0 atom stereocenters. The lowest BCUT2D eigenvalue weighted by Gasteiger charge is -2.15. The van der Waals surface area contributed by atoms with E-state index in [2.05, 4.69) is 83.4 Å². The van der Waals surface area contributed by atoms with Gasteiger partial charge in [-0.1, -0.05) is 72.8 Å². The van der Waals surface area contributed by atoms with Gasteiger partial charge in [-0.15, -0.1) is 0 Å². The maximum absolute atomic E-state index is 4.87. The molecule has 2 nitrogen and oxygen atoms in total. The third-order valence-electron chi connectivity index (χ3n) is 7.34. The molecule has 2 heteroatoms. The van der Waals surface area contributed by atoms with Crippen LogP contribution in [0.15, 0.2) is 85.2 Å². The SMILES string of the molecule is c1ccc2c(c1)Cc1c-2ccc2c3ccc4c(c3n3ccnc3c12)Cc1ccccc1-4. The topological polar surface area (TPSA) is 17.3 Å². The van der Waals surface area contributed by atoms with Crippen LogP contribution in [-0.4, -0.2) is 9.38 Å². The van der Waals surface area contributed by atoms with E-state index in [-0.39, 0.29) is 0 Å². The number of hydrogen-bond acceptors (Lipinski definition) is 1. The highest BCUT2D eigenvalue weighted by Crippen LogP contribution is 2.46. The van der Waals surface area contributed by atoms with Gasteiger partial charge in [0.15, 0.2) is 0 Å². The molecule has 2 heterocycles. The van der Waals surface area contributed by atoms with Crippen LogP contribution in [0.2, 0.25) is 0 Å². The number of pyridine rings is 1. The Morgan fingerprint density at radius 1 is 0.613 bits per heavy atom. The molecule has 4 aromatic carbocycles. The molecule has 0 unspecified atom stereocenters. The number of benzene rings is 4. The van der Waals surface area contributed by atoms with Gasteiger partial charge in [0, 0.05) is 29.6 Å². The normalized spacial score (nSPS) is 13.5. The zero-order chi connectivity index (χ0) is 20.1. The fourth-order valence-electron chi connectivity index (χ4n) is 6.05. The summed E-state index contributed by atoms with van der Waals surface area (Å²) in [6, 6.07) is 26.9. The minimum absolute atomic E-state index is 0.979. The summed E-state index contributed by atoms with van der Waals surface area (Å²) in [7, 11) is 0. The fraction of sp³-hybridized carbons (Fsp3) is 0.0690.